The van der Waals surface area contributed by atoms with Crippen LogP contribution in [-0.2, 0) is 25.7 Å². The predicted molar refractivity (Wildman–Crippen MR) is 128 cm³/mol. The molecule has 1 N–H and O–H groups in total. The van der Waals surface area contributed by atoms with Gasteiger partial charge in [0.25, 0.3) is 10.0 Å². The summed E-state index contributed by atoms with van der Waals surface area (Å²) in [4.78, 5) is 10.9. The normalized spacial score (nSPS) is 18.4. The summed E-state index contributed by atoms with van der Waals surface area (Å²) in [5.41, 5.74) is -3.39. The number of carboxylic acid groups (broad SMARTS) is 1. The van der Waals surface area contributed by atoms with E-state index in [9.17, 15) is 44.7 Å². The second kappa shape index (κ2) is 9.70. The van der Waals surface area contributed by atoms with Crippen molar-refractivity contribution in [2.75, 3.05) is 24.1 Å². The molecule has 0 bridgehead atoms. The van der Waals surface area contributed by atoms with Gasteiger partial charge in [-0.05, 0) is 54.1 Å². The summed E-state index contributed by atoms with van der Waals surface area (Å²) >= 11 is 0. The smallest absolute Gasteiger partial charge is 0.416 e. The maximum Gasteiger partial charge on any atom is 0.416 e. The van der Waals surface area contributed by atoms with E-state index in [0.29, 0.717) is 10.4 Å². The Morgan fingerprint density at radius 2 is 1.73 bits per heavy atom. The van der Waals surface area contributed by atoms with Crippen molar-refractivity contribution in [1.29, 1.82) is 0 Å². The fourth-order valence-electron chi connectivity index (χ4n) is 4.65. The molecule has 0 saturated carbocycles. The Kier molecular flexibility index (Phi) is 6.73. The number of benzene rings is 3. The van der Waals surface area contributed by atoms with Crippen LogP contribution in [-0.4, -0.2) is 45.4 Å². The third-order valence-corrected chi connectivity index (χ3v) is 8.50. The highest BCUT2D eigenvalue weighted by Gasteiger charge is 2.50. The molecular formula is C26H19F6NO6S. The number of sulfonamides is 1. The van der Waals surface area contributed by atoms with Crippen molar-refractivity contribution >= 4 is 21.7 Å². The average molecular weight is 587 g/mol. The molecule has 0 spiro atoms. The van der Waals surface area contributed by atoms with Crippen LogP contribution in [0, 0.1) is 22.9 Å². The van der Waals surface area contributed by atoms with Crippen LogP contribution < -0.4 is 9.04 Å². The number of hydrogen-bond donors (Lipinski definition) is 1. The van der Waals surface area contributed by atoms with Crippen molar-refractivity contribution in [3.05, 3.63) is 77.6 Å². The van der Waals surface area contributed by atoms with E-state index in [1.165, 1.54) is 12.1 Å². The molecule has 2 aliphatic heterocycles. The van der Waals surface area contributed by atoms with Crippen LogP contribution in [0.25, 0.3) is 11.1 Å². The predicted octanol–water partition coefficient (Wildman–Crippen LogP) is 5.24. The Bertz CT molecular complexity index is 1610. The minimum atomic E-state index is -5.06. The first-order valence-electron chi connectivity index (χ1n) is 11.7. The second-order valence-corrected chi connectivity index (χ2v) is 11.4. The summed E-state index contributed by atoms with van der Waals surface area (Å²) in [5, 5.41) is 9.68. The number of carbonyl (C=O) groups is 1. The molecule has 0 aliphatic carbocycles. The molecule has 5 rings (SSSR count). The van der Waals surface area contributed by atoms with Crippen molar-refractivity contribution in [2.24, 2.45) is 5.41 Å². The molecule has 0 aromatic heterocycles. The van der Waals surface area contributed by atoms with Gasteiger partial charge in [-0.25, -0.2) is 21.6 Å². The summed E-state index contributed by atoms with van der Waals surface area (Å²) < 4.78 is 122. The molecule has 14 heteroatoms. The van der Waals surface area contributed by atoms with Gasteiger partial charge in [0.15, 0.2) is 0 Å². The number of alkyl halides is 3. The zero-order chi connectivity index (χ0) is 29.0. The molecule has 2 aliphatic rings. The van der Waals surface area contributed by atoms with Crippen LogP contribution in [0.3, 0.4) is 0 Å². The van der Waals surface area contributed by atoms with Gasteiger partial charge in [-0.1, -0.05) is 6.07 Å². The summed E-state index contributed by atoms with van der Waals surface area (Å²) in [6.07, 6.45) is -6.38. The van der Waals surface area contributed by atoms with Gasteiger partial charge in [0, 0.05) is 12.0 Å². The summed E-state index contributed by atoms with van der Waals surface area (Å²) in [6.45, 7) is -0.909. The van der Waals surface area contributed by atoms with E-state index < -0.39 is 68.1 Å². The Hall–Kier alpha value is -3.78. The fraction of sp³-hybridized carbons (Fsp3) is 0.269. The van der Waals surface area contributed by atoms with Crippen molar-refractivity contribution < 1.29 is 54.1 Å². The summed E-state index contributed by atoms with van der Waals surface area (Å²) in [7, 11) is -4.93. The molecule has 0 radical (unpaired) electrons. The lowest BCUT2D eigenvalue weighted by molar-refractivity contribution is -0.184. The second-order valence-electron chi connectivity index (χ2n) is 9.54. The van der Waals surface area contributed by atoms with Crippen LogP contribution in [0.5, 0.6) is 5.75 Å². The lowest BCUT2D eigenvalue weighted by Crippen LogP contribution is -2.54. The Morgan fingerprint density at radius 1 is 1.00 bits per heavy atom. The van der Waals surface area contributed by atoms with E-state index >= 15 is 0 Å². The Balaban J connectivity index is 1.63. The maximum absolute atomic E-state index is 14.5. The molecule has 2 heterocycles. The van der Waals surface area contributed by atoms with Gasteiger partial charge in [0.2, 0.25) is 0 Å². The highest BCUT2D eigenvalue weighted by atomic mass is 32.2. The summed E-state index contributed by atoms with van der Waals surface area (Å²) in [6, 6.07) is 7.17. The Labute approximate surface area is 223 Å². The first kappa shape index (κ1) is 27.8. The number of nitrogens with zero attached hydrogens (tertiary/aromatic N) is 1. The number of carboxylic acids is 1. The number of halogens is 6. The van der Waals surface area contributed by atoms with E-state index in [4.69, 9.17) is 9.47 Å². The van der Waals surface area contributed by atoms with Gasteiger partial charge in [-0.15, -0.1) is 0 Å². The third-order valence-electron chi connectivity index (χ3n) is 6.75. The number of anilines is 1. The van der Waals surface area contributed by atoms with Gasteiger partial charge < -0.3 is 14.6 Å². The zero-order valence-corrected chi connectivity index (χ0v) is 21.0. The van der Waals surface area contributed by atoms with Crippen LogP contribution in [0.15, 0.2) is 59.5 Å². The van der Waals surface area contributed by atoms with E-state index in [1.54, 1.807) is 0 Å². The minimum Gasteiger partial charge on any atom is -0.486 e. The van der Waals surface area contributed by atoms with Gasteiger partial charge in [0.1, 0.15) is 34.7 Å². The van der Waals surface area contributed by atoms with Crippen LogP contribution in [0.1, 0.15) is 12.0 Å². The van der Waals surface area contributed by atoms with Crippen LogP contribution >= 0.6 is 0 Å². The molecule has 212 valence electrons. The molecule has 1 saturated heterocycles. The lowest BCUT2D eigenvalue weighted by atomic mass is 9.80. The monoisotopic (exact) mass is 587 g/mol. The number of ether oxygens (including phenoxy) is 2. The number of fused-ring (bicyclic) bond motifs is 1. The molecular weight excluding hydrogens is 568 g/mol. The molecule has 3 aromatic carbocycles. The topological polar surface area (TPSA) is 93.1 Å². The Morgan fingerprint density at radius 3 is 2.35 bits per heavy atom. The average Bonchev–Trinajstić information content (AvgIpc) is 2.85. The summed E-state index contributed by atoms with van der Waals surface area (Å²) in [5.74, 6) is -4.40. The largest absolute Gasteiger partial charge is 0.486 e. The molecule has 0 unspecified atom stereocenters. The van der Waals surface area contributed by atoms with E-state index in [2.05, 4.69) is 0 Å². The van der Waals surface area contributed by atoms with Crippen molar-refractivity contribution in [3.8, 4) is 16.9 Å². The van der Waals surface area contributed by atoms with Gasteiger partial charge >= 0.3 is 12.1 Å². The van der Waals surface area contributed by atoms with Crippen LogP contribution in [0.4, 0.5) is 32.0 Å². The van der Waals surface area contributed by atoms with E-state index in [-0.39, 0.29) is 54.3 Å². The quantitative estimate of drug-likeness (QED) is 0.397. The minimum absolute atomic E-state index is 0.0163. The van der Waals surface area contributed by atoms with E-state index in [1.807, 2.05) is 0 Å². The molecule has 1 atom stereocenters. The first-order valence-corrected chi connectivity index (χ1v) is 13.1. The maximum atomic E-state index is 14.5. The zero-order valence-electron chi connectivity index (χ0n) is 20.2. The molecule has 3 aromatic rings. The number of rotatable bonds is 6. The third kappa shape index (κ3) is 4.96. The van der Waals surface area contributed by atoms with Crippen molar-refractivity contribution in [2.45, 2.75) is 23.6 Å². The SMILES string of the molecule is O=C(O)C1(C[C@H]2CN(S(=O)(=O)c3cc(F)cc(C(F)(F)F)c3)c3cc(-c4cc(F)ccc4F)ccc3O2)COC1. The van der Waals surface area contributed by atoms with Crippen molar-refractivity contribution in [3.63, 3.8) is 0 Å². The van der Waals surface area contributed by atoms with Crippen molar-refractivity contribution in [1.82, 2.24) is 0 Å². The molecule has 7 nitrogen and oxygen atoms in total. The van der Waals surface area contributed by atoms with Gasteiger partial charge in [0.05, 0.1) is 35.9 Å². The number of aliphatic carboxylic acids is 1. The van der Waals surface area contributed by atoms with E-state index in [0.717, 1.165) is 24.3 Å². The highest BCUT2D eigenvalue weighted by Crippen LogP contribution is 2.44. The molecule has 0 amide bonds. The lowest BCUT2D eigenvalue weighted by Gasteiger charge is -2.42. The first-order chi connectivity index (χ1) is 18.7. The highest BCUT2D eigenvalue weighted by molar-refractivity contribution is 7.92. The fourth-order valence-corrected chi connectivity index (χ4v) is 6.20. The van der Waals surface area contributed by atoms with Gasteiger partial charge in [-0.2, -0.15) is 13.2 Å². The van der Waals surface area contributed by atoms with Gasteiger partial charge in [-0.3, -0.25) is 9.10 Å². The molecule has 1 fully saturated rings. The van der Waals surface area contributed by atoms with Crippen LogP contribution in [0.2, 0.25) is 0 Å². The standard InChI is InChI=1S/C26H19F6NO6S/c27-16-2-3-21(29)20(9-16)14-1-4-23-22(5-14)33(11-18(39-23)10-25(24(34)35)12-38-13-25)40(36,37)19-7-15(26(30,31)32)6-17(28)8-19/h1-9,18H,10-13H2,(H,34,35)/t18-/m0/s1. The number of hydrogen-bond acceptors (Lipinski definition) is 5. The molecule has 40 heavy (non-hydrogen) atoms.